The topological polar surface area (TPSA) is 66.5 Å². The van der Waals surface area contributed by atoms with E-state index in [0.717, 1.165) is 16.1 Å². The van der Waals surface area contributed by atoms with E-state index in [0.29, 0.717) is 11.3 Å². The molecule has 0 fully saturated rings. The minimum Gasteiger partial charge on any atom is -0.325 e. The third kappa shape index (κ3) is 5.64. The number of anilines is 1. The number of carbonyl (C=O) groups is 1. The summed E-state index contributed by atoms with van der Waals surface area (Å²) in [7, 11) is -3.61. The van der Waals surface area contributed by atoms with Crippen LogP contribution in [0.5, 0.6) is 0 Å². The normalized spacial score (nSPS) is 11.8. The Kier molecular flexibility index (Phi) is 6.50. The van der Waals surface area contributed by atoms with Gasteiger partial charge in [0, 0.05) is 12.2 Å². The van der Waals surface area contributed by atoms with Crippen LogP contribution in [-0.4, -0.2) is 31.4 Å². The smallest absolute Gasteiger partial charge is 0.239 e. The van der Waals surface area contributed by atoms with Crippen molar-refractivity contribution in [2.75, 3.05) is 18.1 Å². The number of hydrogen-bond donors (Lipinski definition) is 1. The highest BCUT2D eigenvalue weighted by Crippen LogP contribution is 2.23. The summed E-state index contributed by atoms with van der Waals surface area (Å²) in [5, 5.41) is 2.78. The second kappa shape index (κ2) is 8.42. The summed E-state index contributed by atoms with van der Waals surface area (Å²) in [6.07, 6.45) is 1.05. The van der Waals surface area contributed by atoms with Crippen molar-refractivity contribution in [2.45, 2.75) is 26.3 Å². The van der Waals surface area contributed by atoms with E-state index in [9.17, 15) is 17.6 Å². The average Bonchev–Trinajstić information content (AvgIpc) is 2.55. The molecule has 0 aromatic heterocycles. The van der Waals surface area contributed by atoms with Crippen molar-refractivity contribution >= 4 is 21.6 Å². The molecule has 2 rings (SSSR count). The van der Waals surface area contributed by atoms with Gasteiger partial charge in [0.15, 0.2) is 0 Å². The third-order valence-corrected chi connectivity index (χ3v) is 5.11. The van der Waals surface area contributed by atoms with Gasteiger partial charge in [-0.3, -0.25) is 4.79 Å². The van der Waals surface area contributed by atoms with Crippen molar-refractivity contribution in [3.63, 3.8) is 0 Å². The lowest BCUT2D eigenvalue weighted by molar-refractivity contribution is -0.116. The zero-order valence-corrected chi connectivity index (χ0v) is 15.9. The van der Waals surface area contributed by atoms with E-state index >= 15 is 0 Å². The number of para-hydroxylation sites is 1. The number of amides is 1. The van der Waals surface area contributed by atoms with Crippen molar-refractivity contribution in [1.29, 1.82) is 0 Å². The Morgan fingerprint density at radius 2 is 1.73 bits per heavy atom. The molecule has 2 aromatic rings. The van der Waals surface area contributed by atoms with E-state index in [-0.39, 0.29) is 19.0 Å². The first-order chi connectivity index (χ1) is 12.2. The highest BCUT2D eigenvalue weighted by Gasteiger charge is 2.21. The Morgan fingerprint density at radius 3 is 2.31 bits per heavy atom. The molecule has 1 N–H and O–H groups in total. The van der Waals surface area contributed by atoms with E-state index in [2.05, 4.69) is 5.32 Å². The molecule has 0 heterocycles. The van der Waals surface area contributed by atoms with Crippen molar-refractivity contribution < 1.29 is 17.6 Å². The van der Waals surface area contributed by atoms with Crippen LogP contribution in [0.2, 0.25) is 0 Å². The van der Waals surface area contributed by atoms with E-state index in [1.54, 1.807) is 6.07 Å². The van der Waals surface area contributed by atoms with Gasteiger partial charge in [0.1, 0.15) is 5.82 Å². The molecule has 0 spiro atoms. The maximum Gasteiger partial charge on any atom is 0.239 e. The second-order valence-corrected chi connectivity index (χ2v) is 8.43. The Labute approximate surface area is 153 Å². The molecule has 7 heteroatoms. The molecule has 0 atom stereocenters. The number of nitrogens with one attached hydrogen (secondary N) is 1. The first-order valence-electron chi connectivity index (χ1n) is 8.25. The van der Waals surface area contributed by atoms with E-state index in [4.69, 9.17) is 0 Å². The van der Waals surface area contributed by atoms with Crippen molar-refractivity contribution in [2.24, 2.45) is 0 Å². The van der Waals surface area contributed by atoms with Gasteiger partial charge in [-0.2, -0.15) is 4.31 Å². The van der Waals surface area contributed by atoms with Crippen LogP contribution in [0.4, 0.5) is 10.1 Å². The van der Waals surface area contributed by atoms with Crippen LogP contribution in [0, 0.1) is 5.82 Å². The van der Waals surface area contributed by atoms with Crippen LogP contribution >= 0.6 is 0 Å². The third-order valence-electron chi connectivity index (χ3n) is 3.92. The highest BCUT2D eigenvalue weighted by molar-refractivity contribution is 7.88. The Bertz CT molecular complexity index is 865. The molecule has 0 bridgehead atoms. The fourth-order valence-corrected chi connectivity index (χ4v) is 3.28. The predicted molar refractivity (Wildman–Crippen MR) is 101 cm³/mol. The molecular formula is C19H23FN2O3S. The number of carbonyl (C=O) groups excluding carboxylic acids is 1. The van der Waals surface area contributed by atoms with Crippen LogP contribution < -0.4 is 5.32 Å². The first kappa shape index (κ1) is 20.1. The maximum atomic E-state index is 13.0. The van der Waals surface area contributed by atoms with Crippen molar-refractivity contribution in [3.8, 4) is 0 Å². The summed E-state index contributed by atoms with van der Waals surface area (Å²) in [5.74, 6) is -0.606. The summed E-state index contributed by atoms with van der Waals surface area (Å²) in [4.78, 5) is 12.4. The zero-order valence-electron chi connectivity index (χ0n) is 15.1. The summed E-state index contributed by atoms with van der Waals surface area (Å²) in [6, 6.07) is 12.9. The van der Waals surface area contributed by atoms with Gasteiger partial charge in [0.2, 0.25) is 15.9 Å². The Balaban J connectivity index is 2.13. The first-order valence-corrected chi connectivity index (χ1v) is 10.1. The lowest BCUT2D eigenvalue weighted by Gasteiger charge is -2.20. The van der Waals surface area contributed by atoms with Crippen molar-refractivity contribution in [1.82, 2.24) is 4.31 Å². The van der Waals surface area contributed by atoms with Gasteiger partial charge in [-0.05, 0) is 35.2 Å². The monoisotopic (exact) mass is 378 g/mol. The molecular weight excluding hydrogens is 355 g/mol. The van der Waals surface area contributed by atoms with E-state index in [1.807, 2.05) is 32.0 Å². The molecule has 0 radical (unpaired) electrons. The molecule has 2 aromatic carbocycles. The zero-order chi connectivity index (χ0) is 19.3. The second-order valence-electron chi connectivity index (χ2n) is 6.45. The van der Waals surface area contributed by atoms with Gasteiger partial charge in [0.05, 0.1) is 12.8 Å². The van der Waals surface area contributed by atoms with Crippen LogP contribution in [0.25, 0.3) is 0 Å². The fourth-order valence-electron chi connectivity index (χ4n) is 2.55. The molecule has 1 amide bonds. The van der Waals surface area contributed by atoms with Gasteiger partial charge >= 0.3 is 0 Å². The van der Waals surface area contributed by atoms with Gasteiger partial charge in [0.25, 0.3) is 0 Å². The van der Waals surface area contributed by atoms with Gasteiger partial charge in [-0.15, -0.1) is 0 Å². The summed E-state index contributed by atoms with van der Waals surface area (Å²) in [5.41, 5.74) is 2.25. The summed E-state index contributed by atoms with van der Waals surface area (Å²) >= 11 is 0. The molecule has 26 heavy (non-hydrogen) atoms. The summed E-state index contributed by atoms with van der Waals surface area (Å²) < 4.78 is 38.2. The number of rotatable bonds is 7. The van der Waals surface area contributed by atoms with Gasteiger partial charge in [-0.1, -0.05) is 44.2 Å². The fraction of sp³-hybridized carbons (Fsp3) is 0.316. The van der Waals surface area contributed by atoms with E-state index < -0.39 is 21.7 Å². The highest BCUT2D eigenvalue weighted by atomic mass is 32.2. The SMILES string of the molecule is CC(C)c1ccccc1NC(=O)CN(Cc1ccc(F)cc1)S(C)(=O)=O. The number of benzene rings is 2. The number of hydrogen-bond acceptors (Lipinski definition) is 3. The van der Waals surface area contributed by atoms with Gasteiger partial charge in [-0.25, -0.2) is 12.8 Å². The molecule has 0 aliphatic rings. The lowest BCUT2D eigenvalue weighted by atomic mass is 10.0. The largest absolute Gasteiger partial charge is 0.325 e. The number of nitrogens with zero attached hydrogens (tertiary/aromatic N) is 1. The average molecular weight is 378 g/mol. The number of sulfonamides is 1. The minimum atomic E-state index is -3.61. The predicted octanol–water partition coefficient (Wildman–Crippen LogP) is 3.35. The molecule has 5 nitrogen and oxygen atoms in total. The minimum absolute atomic E-state index is 0.00163. The van der Waals surface area contributed by atoms with E-state index in [1.165, 1.54) is 24.3 Å². The quantitative estimate of drug-likeness (QED) is 0.803. The van der Waals surface area contributed by atoms with Crippen LogP contribution in [0.3, 0.4) is 0 Å². The molecule has 0 saturated carbocycles. The van der Waals surface area contributed by atoms with Gasteiger partial charge < -0.3 is 5.32 Å². The Morgan fingerprint density at radius 1 is 1.12 bits per heavy atom. The lowest BCUT2D eigenvalue weighted by Crippen LogP contribution is -2.37. The standard InChI is InChI=1S/C19H23FN2O3S/c1-14(2)17-6-4-5-7-18(17)21-19(23)13-22(26(3,24)25)12-15-8-10-16(20)11-9-15/h4-11,14H,12-13H2,1-3H3,(H,21,23). The van der Waals surface area contributed by atoms with Crippen LogP contribution in [0.15, 0.2) is 48.5 Å². The molecule has 0 aliphatic heterocycles. The Hall–Kier alpha value is -2.25. The number of halogens is 1. The van der Waals surface area contributed by atoms with Crippen LogP contribution in [0.1, 0.15) is 30.9 Å². The summed E-state index contributed by atoms with van der Waals surface area (Å²) in [6.45, 7) is 3.71. The molecule has 0 saturated heterocycles. The molecule has 140 valence electrons. The van der Waals surface area contributed by atoms with Crippen molar-refractivity contribution in [3.05, 3.63) is 65.5 Å². The van der Waals surface area contributed by atoms with Crippen LogP contribution in [-0.2, 0) is 21.4 Å². The molecule has 0 aliphatic carbocycles. The molecule has 0 unspecified atom stereocenters. The maximum absolute atomic E-state index is 13.0.